The number of benzene rings is 1. The van der Waals surface area contributed by atoms with Crippen LogP contribution in [0.1, 0.15) is 12.8 Å². The smallest absolute Gasteiger partial charge is 0.260 e. The van der Waals surface area contributed by atoms with Crippen LogP contribution < -0.4 is 10.1 Å². The normalized spacial score (nSPS) is 15.5. The van der Waals surface area contributed by atoms with Gasteiger partial charge in [-0.25, -0.2) is 8.78 Å². The van der Waals surface area contributed by atoms with Gasteiger partial charge in [-0.2, -0.15) is 0 Å². The molecule has 0 aliphatic carbocycles. The molecule has 4 nitrogen and oxygen atoms in total. The van der Waals surface area contributed by atoms with E-state index in [1.54, 1.807) is 4.90 Å². The zero-order chi connectivity index (χ0) is 14.5. The van der Waals surface area contributed by atoms with Gasteiger partial charge in [0.25, 0.3) is 5.91 Å². The first-order valence-corrected chi connectivity index (χ1v) is 6.63. The maximum absolute atomic E-state index is 13.3. The van der Waals surface area contributed by atoms with Crippen LogP contribution in [-0.2, 0) is 4.79 Å². The molecule has 1 N–H and O–H groups in total. The van der Waals surface area contributed by atoms with E-state index < -0.39 is 11.6 Å². The number of halogens is 3. The maximum Gasteiger partial charge on any atom is 0.260 e. The van der Waals surface area contributed by atoms with Gasteiger partial charge in [0, 0.05) is 25.2 Å². The summed E-state index contributed by atoms with van der Waals surface area (Å²) in [6.07, 6.45) is 1.79. The predicted molar refractivity (Wildman–Crippen MR) is 77.8 cm³/mol. The van der Waals surface area contributed by atoms with E-state index in [1.807, 2.05) is 7.05 Å². The van der Waals surface area contributed by atoms with Crippen molar-refractivity contribution in [2.45, 2.75) is 18.9 Å². The molecule has 1 aromatic rings. The molecule has 0 radical (unpaired) electrons. The van der Waals surface area contributed by atoms with Crippen LogP contribution in [0.5, 0.6) is 5.75 Å². The average molecular weight is 321 g/mol. The van der Waals surface area contributed by atoms with E-state index in [4.69, 9.17) is 4.74 Å². The number of hydrogen-bond acceptors (Lipinski definition) is 3. The topological polar surface area (TPSA) is 41.6 Å². The van der Waals surface area contributed by atoms with Crippen molar-refractivity contribution in [2.75, 3.05) is 26.7 Å². The summed E-state index contributed by atoms with van der Waals surface area (Å²) in [6.45, 7) is 1.10. The molecule has 0 atom stereocenters. The number of likely N-dealkylation sites (tertiary alicyclic amines) is 1. The summed E-state index contributed by atoms with van der Waals surface area (Å²) in [5.41, 5.74) is 0. The first-order valence-electron chi connectivity index (χ1n) is 6.63. The number of carbonyl (C=O) groups excluding carboxylic acids is 1. The van der Waals surface area contributed by atoms with E-state index in [-0.39, 0.29) is 30.7 Å². The monoisotopic (exact) mass is 320 g/mol. The molecule has 0 bridgehead atoms. The van der Waals surface area contributed by atoms with Gasteiger partial charge < -0.3 is 15.0 Å². The molecule has 2 rings (SSSR count). The first-order chi connectivity index (χ1) is 9.60. The summed E-state index contributed by atoms with van der Waals surface area (Å²) in [6, 6.07) is 3.46. The molecule has 1 heterocycles. The van der Waals surface area contributed by atoms with Crippen molar-refractivity contribution in [3.63, 3.8) is 0 Å². The van der Waals surface area contributed by atoms with Gasteiger partial charge in [0.05, 0.1) is 0 Å². The fourth-order valence-electron chi connectivity index (χ4n) is 2.24. The SMILES string of the molecule is CNC1CCN(C(=O)COc2ccc(F)cc2F)CC1.Cl. The Labute approximate surface area is 128 Å². The van der Waals surface area contributed by atoms with Crippen LogP contribution in [-0.4, -0.2) is 43.6 Å². The van der Waals surface area contributed by atoms with Crippen molar-refractivity contribution in [2.24, 2.45) is 0 Å². The summed E-state index contributed by atoms with van der Waals surface area (Å²) in [5, 5.41) is 3.18. The highest BCUT2D eigenvalue weighted by Gasteiger charge is 2.22. The van der Waals surface area contributed by atoms with Gasteiger partial charge in [-0.15, -0.1) is 12.4 Å². The van der Waals surface area contributed by atoms with Crippen molar-refractivity contribution in [3.05, 3.63) is 29.8 Å². The highest BCUT2D eigenvalue weighted by atomic mass is 35.5. The molecular weight excluding hydrogens is 302 g/mol. The fraction of sp³-hybridized carbons (Fsp3) is 0.500. The third-order valence-electron chi connectivity index (χ3n) is 3.50. The molecule has 21 heavy (non-hydrogen) atoms. The third kappa shape index (κ3) is 4.82. The molecule has 1 saturated heterocycles. The number of amides is 1. The van der Waals surface area contributed by atoms with Crippen LogP contribution in [0.2, 0.25) is 0 Å². The Morgan fingerprint density at radius 2 is 2.05 bits per heavy atom. The van der Waals surface area contributed by atoms with Crippen molar-refractivity contribution < 1.29 is 18.3 Å². The van der Waals surface area contributed by atoms with E-state index in [0.717, 1.165) is 25.0 Å². The van der Waals surface area contributed by atoms with Crippen molar-refractivity contribution >= 4 is 18.3 Å². The third-order valence-corrected chi connectivity index (χ3v) is 3.50. The Morgan fingerprint density at radius 3 is 2.62 bits per heavy atom. The Hall–Kier alpha value is -1.40. The van der Waals surface area contributed by atoms with Gasteiger partial charge in [0.15, 0.2) is 18.2 Å². The van der Waals surface area contributed by atoms with E-state index in [9.17, 15) is 13.6 Å². The molecule has 1 amide bonds. The van der Waals surface area contributed by atoms with E-state index >= 15 is 0 Å². The number of rotatable bonds is 4. The van der Waals surface area contributed by atoms with Gasteiger partial charge in [-0.05, 0) is 32.0 Å². The van der Waals surface area contributed by atoms with Crippen LogP contribution >= 0.6 is 12.4 Å². The van der Waals surface area contributed by atoms with Crippen LogP contribution in [0, 0.1) is 11.6 Å². The minimum absolute atomic E-state index is 0. The lowest BCUT2D eigenvalue weighted by molar-refractivity contribution is -0.134. The number of piperidine rings is 1. The van der Waals surface area contributed by atoms with Crippen molar-refractivity contribution in [1.29, 1.82) is 0 Å². The average Bonchev–Trinajstić information content (AvgIpc) is 2.46. The van der Waals surface area contributed by atoms with Gasteiger partial charge in [0.2, 0.25) is 0 Å². The molecule has 118 valence electrons. The molecule has 0 unspecified atom stereocenters. The Morgan fingerprint density at radius 1 is 1.38 bits per heavy atom. The lowest BCUT2D eigenvalue weighted by atomic mass is 10.1. The number of hydrogen-bond donors (Lipinski definition) is 1. The summed E-state index contributed by atoms with van der Waals surface area (Å²) < 4.78 is 31.2. The van der Waals surface area contributed by atoms with Crippen molar-refractivity contribution in [3.8, 4) is 5.75 Å². The van der Waals surface area contributed by atoms with Gasteiger partial charge in [-0.1, -0.05) is 0 Å². The highest BCUT2D eigenvalue weighted by Crippen LogP contribution is 2.18. The Balaban J connectivity index is 0.00000220. The molecule has 1 fully saturated rings. The Bertz CT molecular complexity index is 480. The van der Waals surface area contributed by atoms with E-state index in [2.05, 4.69) is 5.32 Å². The quantitative estimate of drug-likeness (QED) is 0.922. The molecule has 7 heteroatoms. The molecule has 0 spiro atoms. The second-order valence-electron chi connectivity index (χ2n) is 4.81. The number of nitrogens with zero attached hydrogens (tertiary/aromatic N) is 1. The Kier molecular flexibility index (Phi) is 6.84. The van der Waals surface area contributed by atoms with Gasteiger partial charge >= 0.3 is 0 Å². The predicted octanol–water partition coefficient (Wildman–Crippen LogP) is 1.98. The molecule has 0 saturated carbocycles. The summed E-state index contributed by atoms with van der Waals surface area (Å²) in [4.78, 5) is 13.6. The summed E-state index contributed by atoms with van der Waals surface area (Å²) in [7, 11) is 1.91. The molecule has 1 aromatic carbocycles. The van der Waals surface area contributed by atoms with Gasteiger partial charge in [0.1, 0.15) is 5.82 Å². The number of nitrogens with one attached hydrogen (secondary N) is 1. The van der Waals surface area contributed by atoms with Crippen LogP contribution in [0.25, 0.3) is 0 Å². The minimum atomic E-state index is -0.799. The van der Waals surface area contributed by atoms with Crippen molar-refractivity contribution in [1.82, 2.24) is 10.2 Å². The molecular formula is C14H19ClF2N2O2. The second kappa shape index (κ2) is 8.14. The summed E-state index contributed by atoms with van der Waals surface area (Å²) >= 11 is 0. The largest absolute Gasteiger partial charge is 0.481 e. The van der Waals surface area contributed by atoms with Crippen LogP contribution in [0.15, 0.2) is 18.2 Å². The van der Waals surface area contributed by atoms with Gasteiger partial charge in [-0.3, -0.25) is 4.79 Å². The van der Waals surface area contributed by atoms with Crippen LogP contribution in [0.4, 0.5) is 8.78 Å². The standard InChI is InChI=1S/C14H18F2N2O2.ClH/c1-17-11-4-6-18(7-5-11)14(19)9-20-13-3-2-10(15)8-12(13)16;/h2-3,8,11,17H,4-7,9H2,1H3;1H. The maximum atomic E-state index is 13.3. The zero-order valence-corrected chi connectivity index (χ0v) is 12.6. The highest BCUT2D eigenvalue weighted by molar-refractivity contribution is 5.85. The lowest BCUT2D eigenvalue weighted by Gasteiger charge is -2.31. The number of ether oxygens (including phenoxy) is 1. The van der Waals surface area contributed by atoms with E-state index in [1.165, 1.54) is 6.07 Å². The summed E-state index contributed by atoms with van der Waals surface area (Å²) in [5.74, 6) is -1.75. The minimum Gasteiger partial charge on any atom is -0.481 e. The molecule has 0 aromatic heterocycles. The molecule has 1 aliphatic rings. The molecule has 1 aliphatic heterocycles. The fourth-order valence-corrected chi connectivity index (χ4v) is 2.24. The van der Waals surface area contributed by atoms with E-state index in [0.29, 0.717) is 19.1 Å². The zero-order valence-electron chi connectivity index (χ0n) is 11.8. The lowest BCUT2D eigenvalue weighted by Crippen LogP contribution is -2.45. The number of carbonyl (C=O) groups is 1. The van der Waals surface area contributed by atoms with Crippen LogP contribution in [0.3, 0.4) is 0 Å². The first kappa shape index (κ1) is 17.7. The second-order valence-corrected chi connectivity index (χ2v) is 4.81.